The fraction of sp³-hybridized carbons (Fsp3) is 0.409. The monoisotopic (exact) mass is 718 g/mol. The van der Waals surface area contributed by atoms with Crippen molar-refractivity contribution in [1.82, 2.24) is 10.2 Å². The molecule has 2 saturated heterocycles. The summed E-state index contributed by atoms with van der Waals surface area (Å²) in [4.78, 5) is 27.6. The number of anilines is 2. The van der Waals surface area contributed by atoms with Crippen LogP contribution >= 0.6 is 0 Å². The second-order valence-corrected chi connectivity index (χ2v) is 14.3. The standard InChI is InChI=1S/C44H54N4O5/c45-39-14-6-7-15-40(39)47-43(51)17-9-8-16-42(50)46-29-36-12-4-5-13-38(36)33-22-24-35(25-23-33)44-52-37(30-48-26-10-2-1-3-11-27-48)28-41(53-44)34-20-18-32(31-49)19-21-34/h4-7,12-15,18-25,37,41,44,49H,1-3,8-11,16-17,26-31,45H2,(H,46,50)(H,47,51). The van der Waals surface area contributed by atoms with Gasteiger partial charge in [-0.1, -0.05) is 104 Å². The fourth-order valence-corrected chi connectivity index (χ4v) is 7.27. The lowest BCUT2D eigenvalue weighted by Crippen LogP contribution is -2.40. The number of nitrogens with two attached hydrogens (primary N) is 1. The number of nitrogens with one attached hydrogen (secondary N) is 2. The molecule has 0 radical (unpaired) electrons. The van der Waals surface area contributed by atoms with Crippen LogP contribution < -0.4 is 16.4 Å². The summed E-state index contributed by atoms with van der Waals surface area (Å²) in [5.74, 6) is -0.151. The van der Waals surface area contributed by atoms with Crippen LogP contribution in [0.3, 0.4) is 0 Å². The van der Waals surface area contributed by atoms with E-state index in [4.69, 9.17) is 15.2 Å². The lowest BCUT2D eigenvalue weighted by molar-refractivity contribution is -0.253. The molecule has 5 N–H and O–H groups in total. The van der Waals surface area contributed by atoms with E-state index in [9.17, 15) is 14.7 Å². The molecule has 4 aromatic carbocycles. The average molecular weight is 719 g/mol. The van der Waals surface area contributed by atoms with E-state index in [-0.39, 0.29) is 30.6 Å². The van der Waals surface area contributed by atoms with Gasteiger partial charge in [-0.15, -0.1) is 0 Å². The van der Waals surface area contributed by atoms with Crippen LogP contribution in [-0.4, -0.2) is 47.6 Å². The SMILES string of the molecule is Nc1ccccc1NC(=O)CCCCC(=O)NCc1ccccc1-c1ccc(C2OC(CN3CCCCCCC3)CC(c3ccc(CO)cc3)O2)cc1. The maximum absolute atomic E-state index is 12.7. The number of hydrogen-bond acceptors (Lipinski definition) is 7. The number of carbonyl (C=O) groups excluding carboxylic acids is 2. The Hall–Kier alpha value is -4.54. The maximum atomic E-state index is 12.7. The molecule has 0 aliphatic carbocycles. The van der Waals surface area contributed by atoms with Crippen molar-refractivity contribution in [3.05, 3.63) is 119 Å². The number of para-hydroxylation sites is 2. The summed E-state index contributed by atoms with van der Waals surface area (Å²) in [6.07, 6.45) is 8.49. The highest BCUT2D eigenvalue weighted by molar-refractivity contribution is 5.93. The highest BCUT2D eigenvalue weighted by atomic mass is 16.7. The number of aliphatic hydroxyl groups excluding tert-OH is 1. The molecular formula is C44H54N4O5. The molecule has 9 nitrogen and oxygen atoms in total. The van der Waals surface area contributed by atoms with Crippen molar-refractivity contribution in [2.24, 2.45) is 0 Å². The van der Waals surface area contributed by atoms with Crippen molar-refractivity contribution in [2.45, 2.75) is 95.9 Å². The summed E-state index contributed by atoms with van der Waals surface area (Å²) in [6.45, 7) is 3.54. The first kappa shape index (κ1) is 38.2. The Labute approximate surface area is 313 Å². The van der Waals surface area contributed by atoms with E-state index in [1.54, 1.807) is 12.1 Å². The largest absolute Gasteiger partial charge is 0.397 e. The molecule has 6 rings (SSSR count). The van der Waals surface area contributed by atoms with Crippen molar-refractivity contribution in [3.63, 3.8) is 0 Å². The van der Waals surface area contributed by atoms with Crippen molar-refractivity contribution >= 4 is 23.2 Å². The Bertz CT molecular complexity index is 1750. The number of ether oxygens (including phenoxy) is 2. The first-order valence-corrected chi connectivity index (χ1v) is 19.3. The molecular weight excluding hydrogens is 665 g/mol. The summed E-state index contributed by atoms with van der Waals surface area (Å²) in [7, 11) is 0. The molecule has 2 aliphatic heterocycles. The second-order valence-electron chi connectivity index (χ2n) is 14.3. The van der Waals surface area contributed by atoms with Crippen LogP contribution in [0.1, 0.15) is 98.9 Å². The topological polar surface area (TPSA) is 126 Å². The normalized spacial score (nSPS) is 19.5. The number of nitrogens with zero attached hydrogens (tertiary/aromatic N) is 1. The van der Waals surface area contributed by atoms with E-state index in [2.05, 4.69) is 58.0 Å². The third kappa shape index (κ3) is 11.2. The number of nitrogen functional groups attached to an aromatic ring is 1. The minimum Gasteiger partial charge on any atom is -0.397 e. The molecule has 0 aromatic heterocycles. The van der Waals surface area contributed by atoms with Gasteiger partial charge in [-0.3, -0.25) is 9.59 Å². The number of likely N-dealkylation sites (tertiary alicyclic amines) is 1. The first-order chi connectivity index (χ1) is 25.9. The first-order valence-electron chi connectivity index (χ1n) is 19.3. The smallest absolute Gasteiger partial charge is 0.224 e. The molecule has 2 amide bonds. The summed E-state index contributed by atoms with van der Waals surface area (Å²) < 4.78 is 13.3. The van der Waals surface area contributed by atoms with Gasteiger partial charge in [0, 0.05) is 37.9 Å². The van der Waals surface area contributed by atoms with Gasteiger partial charge in [-0.2, -0.15) is 0 Å². The number of aliphatic hydroxyl groups is 1. The molecule has 2 aliphatic rings. The molecule has 2 fully saturated rings. The van der Waals surface area contributed by atoms with Gasteiger partial charge in [0.1, 0.15) is 0 Å². The minimum atomic E-state index is -0.503. The van der Waals surface area contributed by atoms with Crippen LogP contribution in [0.25, 0.3) is 11.1 Å². The van der Waals surface area contributed by atoms with Crippen LogP contribution in [0.5, 0.6) is 0 Å². The molecule has 2 heterocycles. The van der Waals surface area contributed by atoms with E-state index in [1.807, 2.05) is 42.5 Å². The van der Waals surface area contributed by atoms with Gasteiger partial charge in [-0.05, 0) is 78.7 Å². The van der Waals surface area contributed by atoms with E-state index in [0.717, 1.165) is 59.4 Å². The van der Waals surface area contributed by atoms with Crippen LogP contribution in [0, 0.1) is 0 Å². The lowest BCUT2D eigenvalue weighted by atomic mass is 9.97. The molecule has 4 aromatic rings. The van der Waals surface area contributed by atoms with Crippen molar-refractivity contribution in [2.75, 3.05) is 30.7 Å². The summed E-state index contributed by atoms with van der Waals surface area (Å²) >= 11 is 0. The van der Waals surface area contributed by atoms with Crippen molar-refractivity contribution in [3.8, 4) is 11.1 Å². The van der Waals surface area contributed by atoms with E-state index in [1.165, 1.54) is 32.1 Å². The van der Waals surface area contributed by atoms with Gasteiger partial charge >= 0.3 is 0 Å². The zero-order valence-corrected chi connectivity index (χ0v) is 30.7. The highest BCUT2D eigenvalue weighted by Crippen LogP contribution is 2.39. The minimum absolute atomic E-state index is 0.0188. The highest BCUT2D eigenvalue weighted by Gasteiger charge is 2.33. The molecule has 0 bridgehead atoms. The Kier molecular flexibility index (Phi) is 14.1. The zero-order chi connectivity index (χ0) is 36.8. The molecule has 0 saturated carbocycles. The number of carbonyl (C=O) groups is 2. The van der Waals surface area contributed by atoms with E-state index < -0.39 is 6.29 Å². The number of hydrogen-bond donors (Lipinski definition) is 4. The van der Waals surface area contributed by atoms with Crippen LogP contribution in [0.4, 0.5) is 11.4 Å². The van der Waals surface area contributed by atoms with Gasteiger partial charge < -0.3 is 35.8 Å². The Morgan fingerprint density at radius 3 is 2.15 bits per heavy atom. The Morgan fingerprint density at radius 1 is 0.755 bits per heavy atom. The molecule has 0 spiro atoms. The van der Waals surface area contributed by atoms with Gasteiger partial charge in [-0.25, -0.2) is 0 Å². The molecule has 53 heavy (non-hydrogen) atoms. The molecule has 9 heteroatoms. The van der Waals surface area contributed by atoms with Crippen LogP contribution in [0.15, 0.2) is 97.1 Å². The third-order valence-electron chi connectivity index (χ3n) is 10.3. The molecule has 3 atom stereocenters. The molecule has 3 unspecified atom stereocenters. The van der Waals surface area contributed by atoms with E-state index >= 15 is 0 Å². The summed E-state index contributed by atoms with van der Waals surface area (Å²) in [5.41, 5.74) is 13.1. The quantitative estimate of drug-likeness (QED) is 0.0768. The predicted octanol–water partition coefficient (Wildman–Crippen LogP) is 8.05. The maximum Gasteiger partial charge on any atom is 0.224 e. The van der Waals surface area contributed by atoms with Crippen molar-refractivity contribution in [1.29, 1.82) is 0 Å². The number of benzene rings is 4. The van der Waals surface area contributed by atoms with Gasteiger partial charge in [0.25, 0.3) is 0 Å². The second kappa shape index (κ2) is 19.5. The number of amides is 2. The number of rotatable bonds is 14. The molecule has 280 valence electrons. The zero-order valence-electron chi connectivity index (χ0n) is 30.7. The van der Waals surface area contributed by atoms with Gasteiger partial charge in [0.05, 0.1) is 30.2 Å². The van der Waals surface area contributed by atoms with E-state index in [0.29, 0.717) is 43.6 Å². The lowest BCUT2D eigenvalue weighted by Gasteiger charge is -2.39. The average Bonchev–Trinajstić information content (AvgIpc) is 3.18. The summed E-state index contributed by atoms with van der Waals surface area (Å²) in [5, 5.41) is 15.5. The van der Waals surface area contributed by atoms with Crippen LogP contribution in [-0.2, 0) is 32.2 Å². The van der Waals surface area contributed by atoms with Gasteiger partial charge in [0.15, 0.2) is 6.29 Å². The van der Waals surface area contributed by atoms with Crippen molar-refractivity contribution < 1.29 is 24.2 Å². The third-order valence-corrected chi connectivity index (χ3v) is 10.3. The Morgan fingerprint density at radius 2 is 1.42 bits per heavy atom. The van der Waals surface area contributed by atoms with Crippen LogP contribution in [0.2, 0.25) is 0 Å². The van der Waals surface area contributed by atoms with Gasteiger partial charge in [0.2, 0.25) is 11.8 Å². The Balaban J connectivity index is 1.05. The predicted molar refractivity (Wildman–Crippen MR) is 210 cm³/mol. The summed E-state index contributed by atoms with van der Waals surface area (Å²) in [6, 6.07) is 31.7. The fourth-order valence-electron chi connectivity index (χ4n) is 7.27. The number of unbranched alkanes of at least 4 members (excludes halogenated alkanes) is 1.